The van der Waals surface area contributed by atoms with Crippen LogP contribution in [-0.2, 0) is 6.42 Å². The van der Waals surface area contributed by atoms with E-state index in [-0.39, 0.29) is 34.0 Å². The predicted octanol–water partition coefficient (Wildman–Crippen LogP) is 5.16. The van der Waals surface area contributed by atoms with Crippen molar-refractivity contribution in [1.82, 2.24) is 0 Å². The molecule has 4 rings (SSSR count). The number of benzene rings is 4. The Kier molecular flexibility index (Phi) is 18.0. The monoisotopic (exact) mass is 742 g/mol. The van der Waals surface area contributed by atoms with Gasteiger partial charge in [0.25, 0.3) is 0 Å². The summed E-state index contributed by atoms with van der Waals surface area (Å²) >= 11 is 0. The minimum Gasteiger partial charge on any atom is -1.00 e. The highest BCUT2D eigenvalue weighted by Crippen LogP contribution is 2.36. The molecule has 0 N–H and O–H groups in total. The number of nitrogens with zero attached hydrogens (tertiary/aromatic N) is 2. The molecule has 0 aromatic heterocycles. The molecule has 0 unspecified atom stereocenters. The summed E-state index contributed by atoms with van der Waals surface area (Å²) in [7, 11) is 9.81. The molecule has 4 aromatic carbocycles. The van der Waals surface area contributed by atoms with Crippen LogP contribution in [0.3, 0.4) is 0 Å². The average Bonchev–Trinajstić information content (AvgIpc) is 2.99. The van der Waals surface area contributed by atoms with Crippen LogP contribution in [0.1, 0.15) is 109 Å². The highest BCUT2D eigenvalue weighted by molar-refractivity contribution is 6.23. The molecule has 4 aromatic rings. The maximum absolute atomic E-state index is 2.45. The molecular weight excluding hydrogens is 680 g/mol. The van der Waals surface area contributed by atoms with E-state index in [9.17, 15) is 0 Å². The topological polar surface area (TPSA) is 0 Å². The van der Waals surface area contributed by atoms with Crippen molar-refractivity contribution in [2.75, 3.05) is 54.4 Å². The van der Waals surface area contributed by atoms with Gasteiger partial charge >= 0.3 is 0 Å². The third-order valence-corrected chi connectivity index (χ3v) is 10.2. The van der Waals surface area contributed by atoms with Gasteiger partial charge in [0.1, 0.15) is 0 Å². The highest BCUT2D eigenvalue weighted by Gasteiger charge is 2.19. The quantitative estimate of drug-likeness (QED) is 0.0594. The number of aryl methyl sites for hydroxylation is 1. The van der Waals surface area contributed by atoms with E-state index in [1.807, 2.05) is 0 Å². The molecule has 2 nitrogen and oxygen atoms in total. The van der Waals surface area contributed by atoms with E-state index in [4.69, 9.17) is 0 Å². The Morgan fingerprint density at radius 2 is 0.844 bits per heavy atom. The Bertz CT molecular complexity index is 1350. The smallest absolute Gasteiger partial charge is 0.0836 e. The van der Waals surface area contributed by atoms with E-state index < -0.39 is 0 Å². The van der Waals surface area contributed by atoms with Crippen LogP contribution in [0, 0.1) is 0 Å². The van der Waals surface area contributed by atoms with E-state index in [1.165, 1.54) is 176 Å². The van der Waals surface area contributed by atoms with Crippen molar-refractivity contribution in [2.24, 2.45) is 0 Å². The SMILES string of the molecule is CCCCCCCCCCCC[N+](C)(C)CCC[N+](C)(C)CCCCCCc1ccc2ccc3cccc4ccc1c2c34.[Br-].[Br-]. The first-order valence-electron chi connectivity index (χ1n) is 18.1. The average molecular weight is 745 g/mol. The molecule has 0 fully saturated rings. The standard InChI is InChI=1S/C41H64N2.2BrH/c1-6-7-8-9-10-11-12-13-15-18-31-42(2,3)33-21-34-43(4,5)32-19-16-14-17-22-35-25-26-38-28-27-36-23-20-24-37-29-30-39(35)41(38)40(36)37;;/h20,23-30H,6-19,21-22,31-34H2,1-5H3;2*1H/q+2;;/p-2. The zero-order chi connectivity index (χ0) is 30.5. The van der Waals surface area contributed by atoms with Gasteiger partial charge in [0.05, 0.1) is 54.4 Å². The van der Waals surface area contributed by atoms with Crippen molar-refractivity contribution in [3.8, 4) is 0 Å². The Balaban J connectivity index is 0.00000353. The fourth-order valence-electron chi connectivity index (χ4n) is 7.40. The summed E-state index contributed by atoms with van der Waals surface area (Å²) in [4.78, 5) is 0. The summed E-state index contributed by atoms with van der Waals surface area (Å²) in [5.41, 5.74) is 1.53. The van der Waals surface area contributed by atoms with Crippen molar-refractivity contribution >= 4 is 32.3 Å². The fourth-order valence-corrected chi connectivity index (χ4v) is 7.40. The summed E-state index contributed by atoms with van der Waals surface area (Å²) in [5, 5.41) is 8.49. The second kappa shape index (κ2) is 20.2. The van der Waals surface area contributed by atoms with Gasteiger partial charge < -0.3 is 42.9 Å². The van der Waals surface area contributed by atoms with E-state index >= 15 is 0 Å². The van der Waals surface area contributed by atoms with E-state index in [2.05, 4.69) is 89.7 Å². The molecule has 0 aliphatic carbocycles. The maximum atomic E-state index is 2.45. The number of halogens is 2. The molecular formula is C41H64Br2N2. The molecule has 0 amide bonds. The summed E-state index contributed by atoms with van der Waals surface area (Å²) < 4.78 is 2.37. The Labute approximate surface area is 298 Å². The van der Waals surface area contributed by atoms with E-state index in [1.54, 1.807) is 0 Å². The fraction of sp³-hybridized carbons (Fsp3) is 0.610. The van der Waals surface area contributed by atoms with Gasteiger partial charge in [-0.25, -0.2) is 0 Å². The molecule has 252 valence electrons. The lowest BCUT2D eigenvalue weighted by molar-refractivity contribution is -0.909. The normalized spacial score (nSPS) is 12.2. The van der Waals surface area contributed by atoms with E-state index in [0.29, 0.717) is 0 Å². The van der Waals surface area contributed by atoms with E-state index in [0.717, 1.165) is 0 Å². The van der Waals surface area contributed by atoms with Crippen LogP contribution in [-0.4, -0.2) is 63.3 Å². The Hall–Kier alpha value is -1.20. The van der Waals surface area contributed by atoms with Gasteiger partial charge in [0.2, 0.25) is 0 Å². The largest absolute Gasteiger partial charge is 1.00 e. The number of unbranched alkanes of at least 4 members (excludes halogenated alkanes) is 12. The number of rotatable bonds is 22. The number of hydrogen-bond donors (Lipinski definition) is 0. The van der Waals surface area contributed by atoms with Gasteiger partial charge in [-0.1, -0.05) is 119 Å². The van der Waals surface area contributed by atoms with Crippen molar-refractivity contribution in [2.45, 2.75) is 110 Å². The van der Waals surface area contributed by atoms with Gasteiger partial charge in [0, 0.05) is 6.42 Å². The first-order chi connectivity index (χ1) is 20.8. The van der Waals surface area contributed by atoms with Gasteiger partial charge in [-0.3, -0.25) is 0 Å². The lowest BCUT2D eigenvalue weighted by Crippen LogP contribution is -3.00. The Morgan fingerprint density at radius 1 is 0.422 bits per heavy atom. The number of hydrogen-bond acceptors (Lipinski definition) is 0. The highest BCUT2D eigenvalue weighted by atomic mass is 79.9. The maximum Gasteiger partial charge on any atom is 0.0836 e. The summed E-state index contributed by atoms with van der Waals surface area (Å²) in [5.74, 6) is 0. The summed E-state index contributed by atoms with van der Waals surface area (Å²) in [6, 6.07) is 20.7. The molecule has 0 saturated heterocycles. The van der Waals surface area contributed by atoms with Crippen molar-refractivity contribution < 1.29 is 42.9 Å². The van der Waals surface area contributed by atoms with Crippen LogP contribution in [0.25, 0.3) is 32.3 Å². The predicted molar refractivity (Wildman–Crippen MR) is 192 cm³/mol. The molecule has 45 heavy (non-hydrogen) atoms. The first-order valence-corrected chi connectivity index (χ1v) is 18.1. The van der Waals surface area contributed by atoms with Crippen molar-refractivity contribution in [3.63, 3.8) is 0 Å². The molecule has 0 spiro atoms. The molecule has 0 bridgehead atoms. The summed E-state index contributed by atoms with van der Waals surface area (Å²) in [6.07, 6.45) is 22.2. The zero-order valence-corrected chi connectivity index (χ0v) is 32.7. The van der Waals surface area contributed by atoms with Gasteiger partial charge in [0.15, 0.2) is 0 Å². The molecule has 0 aliphatic heterocycles. The van der Waals surface area contributed by atoms with Crippen LogP contribution in [0.5, 0.6) is 0 Å². The van der Waals surface area contributed by atoms with Crippen LogP contribution < -0.4 is 34.0 Å². The van der Waals surface area contributed by atoms with Crippen molar-refractivity contribution in [1.29, 1.82) is 0 Å². The molecule has 0 atom stereocenters. The molecule has 0 aliphatic rings. The van der Waals surface area contributed by atoms with Gasteiger partial charge in [-0.15, -0.1) is 0 Å². The Morgan fingerprint density at radius 3 is 1.40 bits per heavy atom. The lowest BCUT2D eigenvalue weighted by Gasteiger charge is -2.33. The molecule has 0 radical (unpaired) electrons. The van der Waals surface area contributed by atoms with Crippen LogP contribution in [0.4, 0.5) is 0 Å². The summed E-state index contributed by atoms with van der Waals surface area (Å²) in [6.45, 7) is 7.58. The molecule has 0 saturated carbocycles. The van der Waals surface area contributed by atoms with Crippen LogP contribution in [0.2, 0.25) is 0 Å². The zero-order valence-electron chi connectivity index (χ0n) is 29.5. The molecule has 4 heteroatoms. The van der Waals surface area contributed by atoms with Crippen LogP contribution >= 0.6 is 0 Å². The molecule has 0 heterocycles. The second-order valence-electron chi connectivity index (χ2n) is 15.0. The van der Waals surface area contributed by atoms with Gasteiger partial charge in [-0.05, 0) is 76.4 Å². The number of quaternary nitrogens is 2. The lowest BCUT2D eigenvalue weighted by atomic mass is 9.90. The first kappa shape index (κ1) is 40.0. The van der Waals surface area contributed by atoms with Crippen molar-refractivity contribution in [3.05, 3.63) is 60.2 Å². The van der Waals surface area contributed by atoms with Gasteiger partial charge in [-0.2, -0.15) is 0 Å². The van der Waals surface area contributed by atoms with Crippen LogP contribution in [0.15, 0.2) is 54.6 Å². The third kappa shape index (κ3) is 12.7. The second-order valence-corrected chi connectivity index (χ2v) is 15.0. The minimum absolute atomic E-state index is 0. The minimum atomic E-state index is 0. The third-order valence-electron chi connectivity index (χ3n) is 10.2.